The van der Waals surface area contributed by atoms with Gasteiger partial charge >= 0.3 is 0 Å². The van der Waals surface area contributed by atoms with Crippen molar-refractivity contribution in [3.8, 4) is 5.88 Å². The summed E-state index contributed by atoms with van der Waals surface area (Å²) >= 11 is 0. The number of fused-ring (bicyclic) bond motifs is 1. The molecule has 0 aromatic carbocycles. The van der Waals surface area contributed by atoms with Crippen molar-refractivity contribution in [2.75, 3.05) is 12.8 Å². The van der Waals surface area contributed by atoms with E-state index < -0.39 is 0 Å². The molecule has 0 amide bonds. The molecule has 0 aliphatic rings. The van der Waals surface area contributed by atoms with Crippen molar-refractivity contribution in [2.45, 2.75) is 0 Å². The zero-order chi connectivity index (χ0) is 8.55. The van der Waals surface area contributed by atoms with Crippen LogP contribution in [0.25, 0.3) is 5.65 Å². The standard InChI is InChI=1S/C7H8N4O/c1-12-7-5(8)6-9-3-2-4-11(6)10-7/h2-4H,8H2,1H3. The fourth-order valence-electron chi connectivity index (χ4n) is 1.04. The highest BCUT2D eigenvalue weighted by atomic mass is 16.5. The van der Waals surface area contributed by atoms with Gasteiger partial charge in [0.2, 0.25) is 0 Å². The first-order chi connectivity index (χ1) is 5.83. The van der Waals surface area contributed by atoms with Crippen molar-refractivity contribution in [3.05, 3.63) is 18.5 Å². The third-order valence-electron chi connectivity index (χ3n) is 1.59. The summed E-state index contributed by atoms with van der Waals surface area (Å²) < 4.78 is 6.51. The van der Waals surface area contributed by atoms with E-state index in [1.165, 1.54) is 7.11 Å². The summed E-state index contributed by atoms with van der Waals surface area (Å²) in [5, 5.41) is 4.04. The monoisotopic (exact) mass is 164 g/mol. The number of nitrogens with two attached hydrogens (primary N) is 1. The second-order valence-electron chi connectivity index (χ2n) is 2.31. The van der Waals surface area contributed by atoms with Gasteiger partial charge in [0.25, 0.3) is 5.88 Å². The van der Waals surface area contributed by atoms with Crippen LogP contribution in [0.4, 0.5) is 5.69 Å². The fraction of sp³-hybridized carbons (Fsp3) is 0.143. The van der Waals surface area contributed by atoms with Gasteiger partial charge in [0.1, 0.15) is 5.69 Å². The minimum absolute atomic E-state index is 0.411. The lowest BCUT2D eigenvalue weighted by Crippen LogP contribution is -1.89. The van der Waals surface area contributed by atoms with Crippen LogP contribution in [0.5, 0.6) is 5.88 Å². The first-order valence-electron chi connectivity index (χ1n) is 3.45. The Morgan fingerprint density at radius 2 is 2.42 bits per heavy atom. The second kappa shape index (κ2) is 2.37. The lowest BCUT2D eigenvalue weighted by Gasteiger charge is -1.90. The number of rotatable bonds is 1. The van der Waals surface area contributed by atoms with Crippen molar-refractivity contribution in [1.29, 1.82) is 0 Å². The summed E-state index contributed by atoms with van der Waals surface area (Å²) in [6, 6.07) is 1.78. The summed E-state index contributed by atoms with van der Waals surface area (Å²) in [4.78, 5) is 4.04. The molecule has 2 aromatic heterocycles. The van der Waals surface area contributed by atoms with Crippen molar-refractivity contribution < 1.29 is 4.74 Å². The van der Waals surface area contributed by atoms with E-state index in [0.29, 0.717) is 17.2 Å². The third kappa shape index (κ3) is 0.795. The van der Waals surface area contributed by atoms with Gasteiger partial charge in [-0.15, -0.1) is 5.10 Å². The minimum Gasteiger partial charge on any atom is -0.478 e. The highest BCUT2D eigenvalue weighted by molar-refractivity contribution is 5.70. The van der Waals surface area contributed by atoms with Crippen LogP contribution in [0.15, 0.2) is 18.5 Å². The number of hydrogen-bond acceptors (Lipinski definition) is 4. The van der Waals surface area contributed by atoms with Crippen LogP contribution >= 0.6 is 0 Å². The van der Waals surface area contributed by atoms with Crippen LogP contribution in [0.2, 0.25) is 0 Å². The third-order valence-corrected chi connectivity index (χ3v) is 1.59. The Morgan fingerprint density at radius 3 is 3.08 bits per heavy atom. The Kier molecular flexibility index (Phi) is 1.36. The number of hydrogen-bond donors (Lipinski definition) is 1. The molecule has 0 bridgehead atoms. The van der Waals surface area contributed by atoms with Crippen molar-refractivity contribution in [1.82, 2.24) is 14.6 Å². The average Bonchev–Trinajstić information content (AvgIpc) is 2.44. The number of aromatic nitrogens is 3. The van der Waals surface area contributed by atoms with Crippen LogP contribution in [0.1, 0.15) is 0 Å². The molecule has 5 nitrogen and oxygen atoms in total. The number of anilines is 1. The molecule has 0 spiro atoms. The molecule has 0 saturated heterocycles. The van der Waals surface area contributed by atoms with E-state index in [2.05, 4.69) is 10.1 Å². The molecule has 0 fully saturated rings. The zero-order valence-corrected chi connectivity index (χ0v) is 6.56. The first kappa shape index (κ1) is 6.90. The molecule has 2 heterocycles. The normalized spacial score (nSPS) is 10.4. The van der Waals surface area contributed by atoms with E-state index in [-0.39, 0.29) is 0 Å². The molecular formula is C7H8N4O. The highest BCUT2D eigenvalue weighted by Crippen LogP contribution is 2.21. The molecule has 62 valence electrons. The molecule has 0 saturated carbocycles. The molecule has 0 radical (unpaired) electrons. The van der Waals surface area contributed by atoms with E-state index in [9.17, 15) is 0 Å². The van der Waals surface area contributed by atoms with Gasteiger partial charge < -0.3 is 10.5 Å². The highest BCUT2D eigenvalue weighted by Gasteiger charge is 2.08. The Bertz CT molecular complexity index is 409. The van der Waals surface area contributed by atoms with E-state index in [4.69, 9.17) is 10.5 Å². The summed E-state index contributed by atoms with van der Waals surface area (Å²) in [6.45, 7) is 0. The Morgan fingerprint density at radius 1 is 1.58 bits per heavy atom. The summed E-state index contributed by atoms with van der Waals surface area (Å²) in [5.74, 6) is 0.411. The van der Waals surface area contributed by atoms with E-state index in [0.717, 1.165) is 0 Å². The van der Waals surface area contributed by atoms with Gasteiger partial charge in [0.05, 0.1) is 7.11 Å². The molecule has 0 atom stereocenters. The lowest BCUT2D eigenvalue weighted by molar-refractivity contribution is 0.397. The Hall–Kier alpha value is -1.78. The molecule has 0 unspecified atom stereocenters. The van der Waals surface area contributed by atoms with Crippen LogP contribution < -0.4 is 10.5 Å². The van der Waals surface area contributed by atoms with E-state index in [1.807, 2.05) is 0 Å². The number of ether oxygens (including phenoxy) is 1. The van der Waals surface area contributed by atoms with Gasteiger partial charge in [0.15, 0.2) is 5.65 Å². The molecule has 0 aliphatic heterocycles. The van der Waals surface area contributed by atoms with Crippen molar-refractivity contribution >= 4 is 11.3 Å². The molecule has 0 aliphatic carbocycles. The SMILES string of the molecule is COc1nn2cccnc2c1N. The largest absolute Gasteiger partial charge is 0.478 e. The molecule has 12 heavy (non-hydrogen) atoms. The molecule has 2 aromatic rings. The van der Waals surface area contributed by atoms with Crippen molar-refractivity contribution in [2.24, 2.45) is 0 Å². The lowest BCUT2D eigenvalue weighted by atomic mass is 10.5. The van der Waals surface area contributed by atoms with Gasteiger partial charge in [-0.3, -0.25) is 0 Å². The van der Waals surface area contributed by atoms with Crippen molar-refractivity contribution in [3.63, 3.8) is 0 Å². The zero-order valence-electron chi connectivity index (χ0n) is 6.56. The maximum Gasteiger partial charge on any atom is 0.258 e. The van der Waals surface area contributed by atoms with Gasteiger partial charge in [0, 0.05) is 12.4 Å². The van der Waals surface area contributed by atoms with Gasteiger partial charge in [-0.1, -0.05) is 0 Å². The molecule has 2 N–H and O–H groups in total. The van der Waals surface area contributed by atoms with E-state index >= 15 is 0 Å². The molecule has 5 heteroatoms. The molecule has 2 rings (SSSR count). The Balaban J connectivity index is 2.78. The van der Waals surface area contributed by atoms with Crippen LogP contribution in [0, 0.1) is 0 Å². The molecular weight excluding hydrogens is 156 g/mol. The fourth-order valence-corrected chi connectivity index (χ4v) is 1.04. The number of methoxy groups -OCH3 is 1. The summed E-state index contributed by atoms with van der Waals surface area (Å²) in [6.07, 6.45) is 3.42. The maximum absolute atomic E-state index is 5.68. The predicted octanol–water partition coefficient (Wildman–Crippen LogP) is 0.320. The topological polar surface area (TPSA) is 65.4 Å². The number of nitrogens with zero attached hydrogens (tertiary/aromatic N) is 3. The summed E-state index contributed by atoms with van der Waals surface area (Å²) in [5.41, 5.74) is 6.77. The van der Waals surface area contributed by atoms with Crippen LogP contribution in [-0.2, 0) is 0 Å². The smallest absolute Gasteiger partial charge is 0.258 e. The predicted molar refractivity (Wildman–Crippen MR) is 44.0 cm³/mol. The van der Waals surface area contributed by atoms with Gasteiger partial charge in [-0.05, 0) is 6.07 Å². The summed E-state index contributed by atoms with van der Waals surface area (Å²) in [7, 11) is 1.53. The van der Waals surface area contributed by atoms with Gasteiger partial charge in [-0.25, -0.2) is 9.50 Å². The number of nitrogen functional groups attached to an aromatic ring is 1. The minimum atomic E-state index is 0.411. The van der Waals surface area contributed by atoms with E-state index in [1.54, 1.807) is 23.0 Å². The average molecular weight is 164 g/mol. The maximum atomic E-state index is 5.68. The van der Waals surface area contributed by atoms with Crippen LogP contribution in [-0.4, -0.2) is 21.7 Å². The van der Waals surface area contributed by atoms with Crippen LogP contribution in [0.3, 0.4) is 0 Å². The van der Waals surface area contributed by atoms with Gasteiger partial charge in [-0.2, -0.15) is 0 Å². The quantitative estimate of drug-likeness (QED) is 0.659. The Labute approximate surface area is 68.8 Å². The second-order valence-corrected chi connectivity index (χ2v) is 2.31. The first-order valence-corrected chi connectivity index (χ1v) is 3.45.